The van der Waals surface area contributed by atoms with Gasteiger partial charge in [0.2, 0.25) is 5.95 Å². The topological polar surface area (TPSA) is 125 Å². The Kier molecular flexibility index (Phi) is 7.21. The highest BCUT2D eigenvalue weighted by Crippen LogP contribution is 2.44. The summed E-state index contributed by atoms with van der Waals surface area (Å²) in [6.45, 7) is 8.55. The third-order valence-electron chi connectivity index (χ3n) is 6.59. The summed E-state index contributed by atoms with van der Waals surface area (Å²) in [4.78, 5) is 36.1. The van der Waals surface area contributed by atoms with Crippen molar-refractivity contribution in [3.8, 4) is 17.2 Å². The summed E-state index contributed by atoms with van der Waals surface area (Å²) in [6.07, 6.45) is 0. The lowest BCUT2D eigenvalue weighted by Gasteiger charge is -2.23. The fourth-order valence-corrected chi connectivity index (χ4v) is 4.71. The van der Waals surface area contributed by atoms with Crippen LogP contribution in [-0.4, -0.2) is 45.1 Å². The molecule has 1 saturated heterocycles. The van der Waals surface area contributed by atoms with Crippen molar-refractivity contribution in [3.63, 3.8) is 0 Å². The molecular weight excluding hydrogens is 510 g/mol. The molecule has 1 aliphatic rings. The van der Waals surface area contributed by atoms with Crippen LogP contribution in [0.25, 0.3) is 16.8 Å². The number of benzene rings is 3. The molecule has 5 rings (SSSR count). The van der Waals surface area contributed by atoms with Gasteiger partial charge in [-0.3, -0.25) is 14.5 Å². The summed E-state index contributed by atoms with van der Waals surface area (Å²) >= 11 is 0. The number of nitrogens with zero attached hydrogens (tertiary/aromatic N) is 2. The number of aromatic hydroxyl groups is 1. The van der Waals surface area contributed by atoms with Crippen molar-refractivity contribution >= 4 is 34.4 Å². The van der Waals surface area contributed by atoms with E-state index in [4.69, 9.17) is 9.47 Å². The monoisotopic (exact) mass is 541 g/mol. The molecule has 1 amide bonds. The van der Waals surface area contributed by atoms with Crippen LogP contribution in [-0.2, 0) is 9.59 Å². The first kappa shape index (κ1) is 26.8. The molecule has 1 atom stereocenters. The quantitative estimate of drug-likeness (QED) is 0.150. The SMILES string of the molecule is CCOc1cc(C2/C(=C(\O)c3cccc(OCC(C)C)c3)C(=O)C(=O)N2c2nc3ccc(C)cc3[nH]2)ccc1O. The summed E-state index contributed by atoms with van der Waals surface area (Å²) in [5.41, 5.74) is 2.99. The molecule has 3 aromatic carbocycles. The van der Waals surface area contributed by atoms with Crippen molar-refractivity contribution < 1.29 is 29.3 Å². The Morgan fingerprint density at radius 2 is 1.88 bits per heavy atom. The smallest absolute Gasteiger partial charge is 0.302 e. The first-order chi connectivity index (χ1) is 19.2. The number of aliphatic hydroxyl groups excluding tert-OH is 1. The average molecular weight is 542 g/mol. The number of hydrogen-bond donors (Lipinski definition) is 3. The molecule has 1 unspecified atom stereocenters. The molecule has 1 fully saturated rings. The number of aromatic nitrogens is 2. The Hall–Kier alpha value is -4.79. The zero-order valence-corrected chi connectivity index (χ0v) is 22.8. The number of amides is 1. The normalized spacial score (nSPS) is 16.7. The van der Waals surface area contributed by atoms with Gasteiger partial charge in [-0.1, -0.05) is 38.1 Å². The zero-order chi connectivity index (χ0) is 28.6. The van der Waals surface area contributed by atoms with E-state index in [0.717, 1.165) is 5.56 Å². The molecule has 3 N–H and O–H groups in total. The molecule has 206 valence electrons. The summed E-state index contributed by atoms with van der Waals surface area (Å²) in [6, 6.07) is 15.9. The number of phenols is 1. The van der Waals surface area contributed by atoms with Gasteiger partial charge in [0.05, 0.1) is 35.9 Å². The fourth-order valence-electron chi connectivity index (χ4n) is 4.71. The van der Waals surface area contributed by atoms with E-state index in [1.807, 2.05) is 39.0 Å². The Labute approximate surface area is 231 Å². The highest BCUT2D eigenvalue weighted by molar-refractivity contribution is 6.51. The summed E-state index contributed by atoms with van der Waals surface area (Å²) in [5, 5.41) is 21.8. The maximum atomic E-state index is 13.6. The van der Waals surface area contributed by atoms with Gasteiger partial charge in [0.25, 0.3) is 5.78 Å². The van der Waals surface area contributed by atoms with Crippen molar-refractivity contribution in [1.82, 2.24) is 9.97 Å². The molecule has 40 heavy (non-hydrogen) atoms. The van der Waals surface area contributed by atoms with Crippen LogP contribution in [0.15, 0.2) is 66.2 Å². The Morgan fingerprint density at radius 1 is 1.07 bits per heavy atom. The molecule has 0 spiro atoms. The summed E-state index contributed by atoms with van der Waals surface area (Å²) < 4.78 is 11.4. The maximum Gasteiger partial charge on any atom is 0.302 e. The second-order valence-corrected chi connectivity index (χ2v) is 10.1. The average Bonchev–Trinajstić information content (AvgIpc) is 3.46. The fraction of sp³-hybridized carbons (Fsp3) is 0.258. The third kappa shape index (κ3) is 4.98. The van der Waals surface area contributed by atoms with E-state index >= 15 is 0 Å². The number of ether oxygens (including phenoxy) is 2. The summed E-state index contributed by atoms with van der Waals surface area (Å²) in [5.74, 6) is -0.972. The minimum atomic E-state index is -1.05. The highest BCUT2D eigenvalue weighted by Gasteiger charge is 2.48. The minimum absolute atomic E-state index is 0.0863. The number of imidazole rings is 1. The van der Waals surface area contributed by atoms with Crippen LogP contribution in [0.1, 0.15) is 43.5 Å². The number of carbonyl (C=O) groups excluding carboxylic acids is 2. The first-order valence-corrected chi connectivity index (χ1v) is 13.1. The number of carbonyl (C=O) groups is 2. The van der Waals surface area contributed by atoms with Crippen molar-refractivity contribution in [2.45, 2.75) is 33.7 Å². The Bertz CT molecular complexity index is 1640. The lowest BCUT2D eigenvalue weighted by atomic mass is 9.95. The number of aromatic amines is 1. The number of phenolic OH excluding ortho intramolecular Hbond substituents is 1. The molecular formula is C31H31N3O6. The first-order valence-electron chi connectivity index (χ1n) is 13.1. The number of hydrogen-bond acceptors (Lipinski definition) is 7. The van der Waals surface area contributed by atoms with E-state index in [1.165, 1.54) is 11.0 Å². The van der Waals surface area contributed by atoms with Gasteiger partial charge in [0, 0.05) is 5.56 Å². The van der Waals surface area contributed by atoms with Crippen LogP contribution < -0.4 is 14.4 Å². The number of ketones is 1. The maximum absolute atomic E-state index is 13.6. The number of Topliss-reactive ketones (excluding diaryl/α,β-unsaturated/α-hetero) is 1. The van der Waals surface area contributed by atoms with Crippen LogP contribution in [0.4, 0.5) is 5.95 Å². The highest BCUT2D eigenvalue weighted by atomic mass is 16.5. The van der Waals surface area contributed by atoms with Crippen molar-refractivity contribution in [2.75, 3.05) is 18.1 Å². The van der Waals surface area contributed by atoms with Crippen LogP contribution in [0.3, 0.4) is 0 Å². The van der Waals surface area contributed by atoms with Gasteiger partial charge < -0.3 is 24.7 Å². The van der Waals surface area contributed by atoms with Crippen molar-refractivity contribution in [1.29, 1.82) is 0 Å². The van der Waals surface area contributed by atoms with Gasteiger partial charge in [-0.15, -0.1) is 0 Å². The van der Waals surface area contributed by atoms with Crippen LogP contribution >= 0.6 is 0 Å². The Balaban J connectivity index is 1.69. The van der Waals surface area contributed by atoms with Gasteiger partial charge in [-0.2, -0.15) is 0 Å². The largest absolute Gasteiger partial charge is 0.507 e. The molecule has 0 bridgehead atoms. The number of nitrogens with one attached hydrogen (secondary N) is 1. The van der Waals surface area contributed by atoms with Gasteiger partial charge in [0.1, 0.15) is 11.5 Å². The lowest BCUT2D eigenvalue weighted by Crippen LogP contribution is -2.30. The third-order valence-corrected chi connectivity index (χ3v) is 6.59. The molecule has 2 heterocycles. The number of aliphatic hydroxyl groups is 1. The number of rotatable bonds is 8. The van der Waals surface area contributed by atoms with E-state index in [-0.39, 0.29) is 28.8 Å². The van der Waals surface area contributed by atoms with E-state index in [2.05, 4.69) is 9.97 Å². The predicted octanol–water partition coefficient (Wildman–Crippen LogP) is 5.64. The predicted molar refractivity (Wildman–Crippen MR) is 152 cm³/mol. The van der Waals surface area contributed by atoms with Gasteiger partial charge >= 0.3 is 5.91 Å². The second-order valence-electron chi connectivity index (χ2n) is 10.1. The molecule has 0 aliphatic carbocycles. The number of H-pyrrole nitrogens is 1. The molecule has 1 aromatic heterocycles. The lowest BCUT2D eigenvalue weighted by molar-refractivity contribution is -0.132. The van der Waals surface area contributed by atoms with Gasteiger partial charge in [-0.05, 0) is 67.3 Å². The zero-order valence-electron chi connectivity index (χ0n) is 22.8. The molecule has 9 heteroatoms. The number of aryl methyl sites for hydroxylation is 1. The van der Waals surface area contributed by atoms with Gasteiger partial charge in [0.15, 0.2) is 11.5 Å². The second kappa shape index (κ2) is 10.8. The van der Waals surface area contributed by atoms with Crippen LogP contribution in [0.5, 0.6) is 17.2 Å². The van der Waals surface area contributed by atoms with Crippen LogP contribution in [0, 0.1) is 12.8 Å². The molecule has 9 nitrogen and oxygen atoms in total. The van der Waals surface area contributed by atoms with E-state index in [9.17, 15) is 19.8 Å². The number of fused-ring (bicyclic) bond motifs is 1. The standard InChI is InChI=1S/C31H31N3O6/c1-5-39-25-15-19(10-12-24(25)35)27-26(28(36)20-7-6-8-21(14-20)40-16-17(2)3)29(37)30(38)34(27)31-32-22-11-9-18(4)13-23(22)33-31/h6-15,17,27,35-36H,5,16H2,1-4H3,(H,32,33)/b28-26+. The molecule has 0 radical (unpaired) electrons. The van der Waals surface area contributed by atoms with E-state index < -0.39 is 17.7 Å². The molecule has 1 aliphatic heterocycles. The van der Waals surface area contributed by atoms with Gasteiger partial charge in [-0.25, -0.2) is 4.98 Å². The Morgan fingerprint density at radius 3 is 2.62 bits per heavy atom. The van der Waals surface area contributed by atoms with E-state index in [1.54, 1.807) is 43.3 Å². The van der Waals surface area contributed by atoms with Crippen molar-refractivity contribution in [3.05, 3.63) is 82.9 Å². The number of anilines is 1. The minimum Gasteiger partial charge on any atom is -0.507 e. The van der Waals surface area contributed by atoms with Crippen LogP contribution in [0.2, 0.25) is 0 Å². The molecule has 0 saturated carbocycles. The molecule has 4 aromatic rings. The van der Waals surface area contributed by atoms with Crippen molar-refractivity contribution in [2.24, 2.45) is 5.92 Å². The summed E-state index contributed by atoms with van der Waals surface area (Å²) in [7, 11) is 0. The van der Waals surface area contributed by atoms with E-state index in [0.29, 0.717) is 47.0 Å².